The number of aromatic nitrogens is 2. The van der Waals surface area contributed by atoms with E-state index in [1.54, 1.807) is 6.92 Å². The molecule has 0 spiro atoms. The van der Waals surface area contributed by atoms with Gasteiger partial charge in [0.25, 0.3) is 11.6 Å². The lowest BCUT2D eigenvalue weighted by Crippen LogP contribution is -2.15. The van der Waals surface area contributed by atoms with Crippen molar-refractivity contribution < 1.29 is 9.72 Å². The molecule has 0 unspecified atom stereocenters. The minimum absolute atomic E-state index is 0.00688. The number of anilines is 1. The molecule has 0 saturated carbocycles. The molecule has 1 N–H and O–H groups in total. The Balaban J connectivity index is 2.33. The molecule has 21 heavy (non-hydrogen) atoms. The highest BCUT2D eigenvalue weighted by molar-refractivity contribution is 6.36. The third-order valence-corrected chi connectivity index (χ3v) is 3.06. The van der Waals surface area contributed by atoms with Crippen molar-refractivity contribution in [2.45, 2.75) is 6.92 Å². The number of hydrogen-bond donors (Lipinski definition) is 1. The normalized spacial score (nSPS) is 10.2. The molecule has 1 amide bonds. The Morgan fingerprint density at radius 1 is 1.33 bits per heavy atom. The largest absolute Gasteiger partial charge is 0.290 e. The van der Waals surface area contributed by atoms with Gasteiger partial charge in [-0.05, 0) is 19.1 Å². The van der Waals surface area contributed by atoms with Crippen LogP contribution in [0.5, 0.6) is 0 Å². The van der Waals surface area contributed by atoms with E-state index in [0.29, 0.717) is 5.69 Å². The Labute approximate surface area is 129 Å². The van der Waals surface area contributed by atoms with Crippen LogP contribution in [0.2, 0.25) is 10.2 Å². The molecule has 0 aliphatic heterocycles. The van der Waals surface area contributed by atoms with Gasteiger partial charge in [-0.1, -0.05) is 29.3 Å². The molecule has 0 bridgehead atoms. The van der Waals surface area contributed by atoms with Gasteiger partial charge in [0.1, 0.15) is 10.2 Å². The Hall–Kier alpha value is -2.25. The summed E-state index contributed by atoms with van der Waals surface area (Å²) in [6, 6.07) is 5.46. The van der Waals surface area contributed by atoms with E-state index >= 15 is 0 Å². The maximum atomic E-state index is 12.1. The molecule has 0 aliphatic carbocycles. The molecular formula is C12H8Cl2N4O3. The van der Waals surface area contributed by atoms with E-state index in [1.165, 1.54) is 24.3 Å². The van der Waals surface area contributed by atoms with Crippen molar-refractivity contribution in [2.75, 3.05) is 5.32 Å². The van der Waals surface area contributed by atoms with Gasteiger partial charge in [-0.15, -0.1) is 0 Å². The standard InChI is InChI=1S/C12H8Cl2N4O3/c1-6-5-9(13)16-12(15-6)17-11(19)7-3-2-4-8(10(7)14)18(20)21/h2-5H,1H3,(H,15,16,17,19). The van der Waals surface area contributed by atoms with Gasteiger partial charge in [0.05, 0.1) is 10.5 Å². The van der Waals surface area contributed by atoms with Gasteiger partial charge in [-0.2, -0.15) is 0 Å². The maximum Gasteiger partial charge on any atom is 0.288 e. The van der Waals surface area contributed by atoms with Crippen LogP contribution in [0.4, 0.5) is 11.6 Å². The molecule has 1 aromatic heterocycles. The fourth-order valence-corrected chi connectivity index (χ4v) is 2.11. The van der Waals surface area contributed by atoms with E-state index in [2.05, 4.69) is 15.3 Å². The molecule has 9 heteroatoms. The highest BCUT2D eigenvalue weighted by atomic mass is 35.5. The van der Waals surface area contributed by atoms with Crippen molar-refractivity contribution in [2.24, 2.45) is 0 Å². The summed E-state index contributed by atoms with van der Waals surface area (Å²) in [5.41, 5.74) is 0.162. The summed E-state index contributed by atoms with van der Waals surface area (Å²) in [5, 5.41) is 13.1. The molecule has 0 aliphatic rings. The molecule has 2 aromatic rings. The predicted octanol–water partition coefficient (Wildman–Crippen LogP) is 3.25. The van der Waals surface area contributed by atoms with Crippen molar-refractivity contribution in [3.63, 3.8) is 0 Å². The van der Waals surface area contributed by atoms with Crippen molar-refractivity contribution in [3.05, 3.63) is 55.8 Å². The van der Waals surface area contributed by atoms with Gasteiger partial charge in [-0.3, -0.25) is 20.2 Å². The summed E-state index contributed by atoms with van der Waals surface area (Å²) in [5.74, 6) is -0.669. The zero-order chi connectivity index (χ0) is 15.6. The van der Waals surface area contributed by atoms with E-state index in [-0.39, 0.29) is 27.4 Å². The number of rotatable bonds is 3. The minimum Gasteiger partial charge on any atom is -0.290 e. The lowest BCUT2D eigenvalue weighted by Gasteiger charge is -2.06. The summed E-state index contributed by atoms with van der Waals surface area (Å²) < 4.78 is 0. The number of hydrogen-bond acceptors (Lipinski definition) is 5. The number of nitro groups is 1. The smallest absolute Gasteiger partial charge is 0.288 e. The molecule has 0 radical (unpaired) electrons. The molecule has 0 fully saturated rings. The third-order valence-electron chi connectivity index (χ3n) is 2.47. The first-order valence-electron chi connectivity index (χ1n) is 5.64. The Bertz CT molecular complexity index is 716. The number of amides is 1. The van der Waals surface area contributed by atoms with Crippen molar-refractivity contribution >= 4 is 40.7 Å². The summed E-state index contributed by atoms with van der Waals surface area (Å²) in [6.07, 6.45) is 0. The second-order valence-electron chi connectivity index (χ2n) is 4.01. The fraction of sp³-hybridized carbons (Fsp3) is 0.0833. The minimum atomic E-state index is -0.668. The monoisotopic (exact) mass is 326 g/mol. The molecule has 0 saturated heterocycles. The van der Waals surface area contributed by atoms with Crippen molar-refractivity contribution in [3.8, 4) is 0 Å². The third kappa shape index (κ3) is 3.45. The lowest BCUT2D eigenvalue weighted by molar-refractivity contribution is -0.384. The predicted molar refractivity (Wildman–Crippen MR) is 77.8 cm³/mol. The van der Waals surface area contributed by atoms with E-state index in [0.717, 1.165) is 0 Å². The summed E-state index contributed by atoms with van der Waals surface area (Å²) in [6.45, 7) is 1.68. The molecule has 0 atom stereocenters. The van der Waals surface area contributed by atoms with Crippen LogP contribution in [0.15, 0.2) is 24.3 Å². The van der Waals surface area contributed by atoms with Gasteiger partial charge >= 0.3 is 0 Å². The zero-order valence-electron chi connectivity index (χ0n) is 10.6. The second-order valence-corrected chi connectivity index (χ2v) is 4.77. The number of halogens is 2. The van der Waals surface area contributed by atoms with Crippen molar-refractivity contribution in [1.29, 1.82) is 0 Å². The van der Waals surface area contributed by atoms with Gasteiger partial charge in [-0.25, -0.2) is 9.97 Å². The first-order valence-corrected chi connectivity index (χ1v) is 6.39. The van der Waals surface area contributed by atoms with Gasteiger partial charge in [0.15, 0.2) is 0 Å². The summed E-state index contributed by atoms with van der Waals surface area (Å²) in [4.78, 5) is 30.0. The molecule has 1 aromatic carbocycles. The van der Waals surface area contributed by atoms with E-state index in [4.69, 9.17) is 23.2 Å². The van der Waals surface area contributed by atoms with E-state index in [9.17, 15) is 14.9 Å². The zero-order valence-corrected chi connectivity index (χ0v) is 12.1. The fourth-order valence-electron chi connectivity index (χ4n) is 1.59. The quantitative estimate of drug-likeness (QED) is 0.530. The number of aryl methyl sites for hydroxylation is 1. The number of carbonyl (C=O) groups excluding carboxylic acids is 1. The number of nitrogens with one attached hydrogen (secondary N) is 1. The summed E-state index contributed by atoms with van der Waals surface area (Å²) >= 11 is 11.6. The second kappa shape index (κ2) is 6.02. The average molecular weight is 327 g/mol. The summed E-state index contributed by atoms with van der Waals surface area (Å²) in [7, 11) is 0. The first kappa shape index (κ1) is 15.1. The van der Waals surface area contributed by atoms with Crippen LogP contribution in [-0.4, -0.2) is 20.8 Å². The van der Waals surface area contributed by atoms with Gasteiger partial charge < -0.3 is 0 Å². The van der Waals surface area contributed by atoms with Crippen LogP contribution < -0.4 is 5.32 Å². The van der Waals surface area contributed by atoms with Crippen LogP contribution in [0.3, 0.4) is 0 Å². The molecular weight excluding hydrogens is 319 g/mol. The van der Waals surface area contributed by atoms with E-state index in [1.807, 2.05) is 0 Å². The highest BCUT2D eigenvalue weighted by Crippen LogP contribution is 2.28. The van der Waals surface area contributed by atoms with Crippen LogP contribution >= 0.6 is 23.2 Å². The molecule has 2 rings (SSSR count). The number of benzene rings is 1. The van der Waals surface area contributed by atoms with Crippen LogP contribution in [0, 0.1) is 17.0 Å². The van der Waals surface area contributed by atoms with Gasteiger partial charge in [0, 0.05) is 11.8 Å². The topological polar surface area (TPSA) is 98.0 Å². The Kier molecular flexibility index (Phi) is 4.35. The number of nitrogens with zero attached hydrogens (tertiary/aromatic N) is 3. The highest BCUT2D eigenvalue weighted by Gasteiger charge is 2.20. The SMILES string of the molecule is Cc1cc(Cl)nc(NC(=O)c2cccc([N+](=O)[O-])c2Cl)n1. The van der Waals surface area contributed by atoms with Gasteiger partial charge in [0.2, 0.25) is 5.95 Å². The first-order chi connectivity index (χ1) is 9.88. The lowest BCUT2D eigenvalue weighted by atomic mass is 10.2. The van der Waals surface area contributed by atoms with Crippen LogP contribution in [-0.2, 0) is 0 Å². The molecule has 108 valence electrons. The number of nitro benzene ring substituents is 1. The number of carbonyl (C=O) groups is 1. The Morgan fingerprint density at radius 3 is 2.67 bits per heavy atom. The van der Waals surface area contributed by atoms with Crippen LogP contribution in [0.1, 0.15) is 16.1 Å². The maximum absolute atomic E-state index is 12.1. The Morgan fingerprint density at radius 2 is 2.05 bits per heavy atom. The molecule has 7 nitrogen and oxygen atoms in total. The molecule has 1 heterocycles. The van der Waals surface area contributed by atoms with Crippen molar-refractivity contribution in [1.82, 2.24) is 9.97 Å². The van der Waals surface area contributed by atoms with Crippen LogP contribution in [0.25, 0.3) is 0 Å². The van der Waals surface area contributed by atoms with E-state index < -0.39 is 10.8 Å². The average Bonchev–Trinajstić information content (AvgIpc) is 2.37.